The van der Waals surface area contributed by atoms with Gasteiger partial charge in [0, 0.05) is 15.8 Å². The van der Waals surface area contributed by atoms with Crippen molar-refractivity contribution in [3.63, 3.8) is 0 Å². The van der Waals surface area contributed by atoms with Crippen molar-refractivity contribution in [3.8, 4) is 0 Å². The number of Topliss-reactive ketones (excluding diaryl/α,β-unsaturated/α-hetero) is 1. The van der Waals surface area contributed by atoms with Crippen LogP contribution in [-0.2, 0) is 4.79 Å². The Labute approximate surface area is 93.8 Å². The van der Waals surface area contributed by atoms with E-state index in [4.69, 9.17) is 0 Å². The molecule has 0 N–H and O–H groups in total. The standard InChI is InChI=1S/C11H17IO/c12-9-4-1-2-6-11(8-9)7-3-5-10(11)13/h9H,1-8H2. The highest BCUT2D eigenvalue weighted by Gasteiger charge is 2.43. The molecule has 0 heterocycles. The molecule has 0 aromatic rings. The van der Waals surface area contributed by atoms with E-state index in [0.29, 0.717) is 5.78 Å². The third-order valence-corrected chi connectivity index (χ3v) is 4.75. The highest BCUT2D eigenvalue weighted by molar-refractivity contribution is 14.1. The van der Waals surface area contributed by atoms with Crippen LogP contribution in [0.2, 0.25) is 0 Å². The lowest BCUT2D eigenvalue weighted by Crippen LogP contribution is -2.27. The Balaban J connectivity index is 2.14. The van der Waals surface area contributed by atoms with E-state index < -0.39 is 0 Å². The molecule has 0 aromatic heterocycles. The Morgan fingerprint density at radius 3 is 2.69 bits per heavy atom. The predicted octanol–water partition coefficient (Wildman–Crippen LogP) is 3.49. The summed E-state index contributed by atoms with van der Waals surface area (Å²) in [6, 6.07) is 0. The number of hydrogen-bond donors (Lipinski definition) is 0. The van der Waals surface area contributed by atoms with Crippen LogP contribution in [0.4, 0.5) is 0 Å². The van der Waals surface area contributed by atoms with Gasteiger partial charge in [-0.1, -0.05) is 35.4 Å². The average Bonchev–Trinajstić information content (AvgIpc) is 2.34. The third-order valence-electron chi connectivity index (χ3n) is 3.69. The first kappa shape index (κ1) is 9.94. The van der Waals surface area contributed by atoms with Crippen LogP contribution in [-0.4, -0.2) is 9.71 Å². The molecule has 2 saturated carbocycles. The minimum Gasteiger partial charge on any atom is -0.299 e. The second kappa shape index (κ2) is 3.87. The van der Waals surface area contributed by atoms with Crippen molar-refractivity contribution in [2.45, 2.75) is 55.3 Å². The molecule has 2 unspecified atom stereocenters. The van der Waals surface area contributed by atoms with Crippen molar-refractivity contribution < 1.29 is 4.79 Å². The maximum absolute atomic E-state index is 11.8. The number of carbonyl (C=O) groups excluding carboxylic acids is 1. The van der Waals surface area contributed by atoms with Crippen molar-refractivity contribution in [1.82, 2.24) is 0 Å². The highest BCUT2D eigenvalue weighted by atomic mass is 127. The molecule has 13 heavy (non-hydrogen) atoms. The van der Waals surface area contributed by atoms with Crippen molar-refractivity contribution in [3.05, 3.63) is 0 Å². The van der Waals surface area contributed by atoms with Gasteiger partial charge in [0.15, 0.2) is 0 Å². The summed E-state index contributed by atoms with van der Waals surface area (Å²) in [5.74, 6) is 0.580. The lowest BCUT2D eigenvalue weighted by molar-refractivity contribution is -0.126. The van der Waals surface area contributed by atoms with Crippen LogP contribution in [0.5, 0.6) is 0 Å². The van der Waals surface area contributed by atoms with Gasteiger partial charge in [-0.05, 0) is 32.1 Å². The van der Waals surface area contributed by atoms with Crippen molar-refractivity contribution in [2.75, 3.05) is 0 Å². The number of halogens is 1. The first-order valence-electron chi connectivity index (χ1n) is 5.40. The summed E-state index contributed by atoms with van der Waals surface area (Å²) in [5, 5.41) is 0. The zero-order valence-electron chi connectivity index (χ0n) is 8.02. The first-order chi connectivity index (χ1) is 6.23. The smallest absolute Gasteiger partial charge is 0.139 e. The van der Waals surface area contributed by atoms with Crippen molar-refractivity contribution in [2.24, 2.45) is 5.41 Å². The Bertz CT molecular complexity index is 214. The number of carbonyl (C=O) groups is 1. The maximum Gasteiger partial charge on any atom is 0.139 e. The third kappa shape index (κ3) is 1.92. The molecule has 0 saturated heterocycles. The van der Waals surface area contributed by atoms with Gasteiger partial charge in [0.2, 0.25) is 0 Å². The molecule has 0 amide bonds. The molecule has 0 radical (unpaired) electrons. The van der Waals surface area contributed by atoms with Crippen LogP contribution >= 0.6 is 22.6 Å². The highest BCUT2D eigenvalue weighted by Crippen LogP contribution is 2.47. The van der Waals surface area contributed by atoms with Crippen LogP contribution in [0.25, 0.3) is 0 Å². The Kier molecular flexibility index (Phi) is 2.96. The number of hydrogen-bond acceptors (Lipinski definition) is 1. The molecule has 1 spiro atoms. The van der Waals surface area contributed by atoms with Crippen LogP contribution in [0, 0.1) is 5.41 Å². The molecule has 2 heteroatoms. The average molecular weight is 292 g/mol. The van der Waals surface area contributed by atoms with Gasteiger partial charge in [0.25, 0.3) is 0 Å². The van der Waals surface area contributed by atoms with Gasteiger partial charge >= 0.3 is 0 Å². The Hall–Kier alpha value is 0.400. The van der Waals surface area contributed by atoms with Gasteiger partial charge < -0.3 is 0 Å². The maximum atomic E-state index is 11.8. The van der Waals surface area contributed by atoms with E-state index in [1.54, 1.807) is 0 Å². The molecule has 2 aliphatic rings. The molecule has 74 valence electrons. The molecular weight excluding hydrogens is 275 g/mol. The zero-order chi connectivity index (χ0) is 9.31. The van der Waals surface area contributed by atoms with E-state index in [0.717, 1.165) is 16.8 Å². The molecule has 2 aliphatic carbocycles. The zero-order valence-corrected chi connectivity index (χ0v) is 10.2. The van der Waals surface area contributed by atoms with Crippen LogP contribution in [0.15, 0.2) is 0 Å². The Morgan fingerprint density at radius 1 is 1.23 bits per heavy atom. The SMILES string of the molecule is O=C1CCCC12CCCCC(I)C2. The summed E-state index contributed by atoms with van der Waals surface area (Å²) in [4.78, 5) is 11.8. The van der Waals surface area contributed by atoms with Gasteiger partial charge in [-0.25, -0.2) is 0 Å². The van der Waals surface area contributed by atoms with Gasteiger partial charge in [0.05, 0.1) is 0 Å². The fourth-order valence-corrected chi connectivity index (χ4v) is 4.21. The van der Waals surface area contributed by atoms with E-state index in [-0.39, 0.29) is 5.41 Å². The lowest BCUT2D eigenvalue weighted by Gasteiger charge is -2.26. The fourth-order valence-electron chi connectivity index (χ4n) is 2.93. The molecule has 2 fully saturated rings. The van der Waals surface area contributed by atoms with E-state index in [9.17, 15) is 4.79 Å². The lowest BCUT2D eigenvalue weighted by atomic mass is 9.78. The number of ketones is 1. The van der Waals surface area contributed by atoms with E-state index in [1.165, 1.54) is 38.5 Å². The van der Waals surface area contributed by atoms with Crippen molar-refractivity contribution in [1.29, 1.82) is 0 Å². The Morgan fingerprint density at radius 2 is 2.00 bits per heavy atom. The summed E-state index contributed by atoms with van der Waals surface area (Å²) >= 11 is 2.54. The minimum absolute atomic E-state index is 0.141. The molecule has 0 aliphatic heterocycles. The van der Waals surface area contributed by atoms with E-state index in [2.05, 4.69) is 22.6 Å². The van der Waals surface area contributed by atoms with E-state index in [1.807, 2.05) is 0 Å². The predicted molar refractivity (Wildman–Crippen MR) is 62.2 cm³/mol. The van der Waals surface area contributed by atoms with Gasteiger partial charge in [0.1, 0.15) is 5.78 Å². The van der Waals surface area contributed by atoms with E-state index >= 15 is 0 Å². The summed E-state index contributed by atoms with van der Waals surface area (Å²) in [7, 11) is 0. The quantitative estimate of drug-likeness (QED) is 0.493. The molecular formula is C11H17IO. The largest absolute Gasteiger partial charge is 0.299 e. The second-order valence-corrected chi connectivity index (χ2v) is 6.37. The summed E-state index contributed by atoms with van der Waals surface area (Å²) in [5.41, 5.74) is 0.141. The fraction of sp³-hybridized carbons (Fsp3) is 0.909. The van der Waals surface area contributed by atoms with Crippen LogP contribution < -0.4 is 0 Å². The first-order valence-corrected chi connectivity index (χ1v) is 6.65. The number of rotatable bonds is 0. The second-order valence-electron chi connectivity index (χ2n) is 4.60. The normalized spacial score (nSPS) is 41.0. The minimum atomic E-state index is 0.141. The van der Waals surface area contributed by atoms with Crippen molar-refractivity contribution >= 4 is 28.4 Å². The summed E-state index contributed by atoms with van der Waals surface area (Å²) < 4.78 is 0.752. The van der Waals surface area contributed by atoms with Gasteiger partial charge in [-0.15, -0.1) is 0 Å². The van der Waals surface area contributed by atoms with Gasteiger partial charge in [-0.3, -0.25) is 4.79 Å². The molecule has 0 aromatic carbocycles. The molecule has 2 rings (SSSR count). The molecule has 0 bridgehead atoms. The molecule has 2 atom stereocenters. The summed E-state index contributed by atoms with van der Waals surface area (Å²) in [6.45, 7) is 0. The monoisotopic (exact) mass is 292 g/mol. The summed E-state index contributed by atoms with van der Waals surface area (Å²) in [6.07, 6.45) is 9.51. The number of alkyl halides is 1. The topological polar surface area (TPSA) is 17.1 Å². The molecule has 1 nitrogen and oxygen atoms in total. The van der Waals surface area contributed by atoms with Gasteiger partial charge in [-0.2, -0.15) is 0 Å². The van der Waals surface area contributed by atoms with Crippen LogP contribution in [0.1, 0.15) is 51.4 Å². The van der Waals surface area contributed by atoms with Crippen LogP contribution in [0.3, 0.4) is 0 Å².